The predicted molar refractivity (Wildman–Crippen MR) is 125 cm³/mol. The minimum absolute atomic E-state index is 0.00371. The number of amides is 2. The smallest absolute Gasteiger partial charge is 0.232 e. The van der Waals surface area contributed by atoms with E-state index in [-0.39, 0.29) is 17.9 Å². The van der Waals surface area contributed by atoms with Crippen LogP contribution in [0.2, 0.25) is 0 Å². The highest BCUT2D eigenvalue weighted by molar-refractivity contribution is 8.01. The Labute approximate surface area is 190 Å². The van der Waals surface area contributed by atoms with E-state index in [1.165, 1.54) is 28.7 Å². The molecule has 0 bridgehead atoms. The van der Waals surface area contributed by atoms with Crippen LogP contribution in [0.15, 0.2) is 34.7 Å². The van der Waals surface area contributed by atoms with Crippen molar-refractivity contribution in [2.24, 2.45) is 0 Å². The maximum absolute atomic E-state index is 12.5. The summed E-state index contributed by atoms with van der Waals surface area (Å²) in [6.45, 7) is 6.79. The summed E-state index contributed by atoms with van der Waals surface area (Å²) in [6, 6.07) is 10.4. The molecule has 1 aromatic heterocycles. The average molecular weight is 466 g/mol. The molecule has 1 fully saturated rings. The first-order chi connectivity index (χ1) is 14.5. The van der Waals surface area contributed by atoms with E-state index in [0.29, 0.717) is 24.6 Å². The molecule has 1 saturated heterocycles. The van der Waals surface area contributed by atoms with Crippen LogP contribution in [0.3, 0.4) is 0 Å². The van der Waals surface area contributed by atoms with Gasteiger partial charge in [-0.05, 0) is 19.4 Å². The monoisotopic (exact) mass is 465 g/mol. The lowest BCUT2D eigenvalue weighted by Gasteiger charge is -2.34. The average Bonchev–Trinajstić information content (AvgIpc) is 3.22. The molecule has 2 heterocycles. The molecule has 7 nitrogen and oxygen atoms in total. The molecule has 0 saturated carbocycles. The molecule has 2 amide bonds. The predicted octanol–water partition coefficient (Wildman–Crippen LogP) is 2.74. The van der Waals surface area contributed by atoms with Gasteiger partial charge in [0.05, 0.1) is 11.5 Å². The van der Waals surface area contributed by atoms with Gasteiger partial charge in [0, 0.05) is 38.0 Å². The Bertz CT molecular complexity index is 823. The Balaban J connectivity index is 1.38. The number of piperazine rings is 1. The van der Waals surface area contributed by atoms with E-state index < -0.39 is 0 Å². The molecule has 0 aliphatic carbocycles. The van der Waals surface area contributed by atoms with Gasteiger partial charge in [0.1, 0.15) is 0 Å². The summed E-state index contributed by atoms with van der Waals surface area (Å²) in [6.07, 6.45) is 0. The number of carbonyl (C=O) groups excluding carboxylic acids is 2. The number of anilines is 1. The molecule has 1 aliphatic rings. The van der Waals surface area contributed by atoms with E-state index in [4.69, 9.17) is 0 Å². The molecule has 2 aromatic rings. The fourth-order valence-electron chi connectivity index (χ4n) is 2.95. The van der Waals surface area contributed by atoms with E-state index in [9.17, 15) is 9.59 Å². The fraction of sp³-hybridized carbons (Fsp3) is 0.500. The van der Waals surface area contributed by atoms with Crippen molar-refractivity contribution in [2.45, 2.75) is 30.0 Å². The molecular weight excluding hydrogens is 438 g/mol. The van der Waals surface area contributed by atoms with Crippen LogP contribution in [0, 0.1) is 0 Å². The number of nitrogens with one attached hydrogen (secondary N) is 1. The Kier molecular flexibility index (Phi) is 8.83. The zero-order chi connectivity index (χ0) is 21.3. The lowest BCUT2D eigenvalue weighted by molar-refractivity contribution is -0.128. The van der Waals surface area contributed by atoms with Crippen molar-refractivity contribution in [1.82, 2.24) is 20.4 Å². The number of carbonyl (C=O) groups is 2. The molecule has 1 aliphatic heterocycles. The van der Waals surface area contributed by atoms with Gasteiger partial charge in [0.15, 0.2) is 4.34 Å². The topological polar surface area (TPSA) is 78.4 Å². The number of thioether (sulfide) groups is 2. The van der Waals surface area contributed by atoms with Gasteiger partial charge < -0.3 is 15.1 Å². The second-order valence-corrected chi connectivity index (χ2v) is 10.4. The van der Waals surface area contributed by atoms with Crippen LogP contribution in [-0.2, 0) is 15.3 Å². The highest BCUT2D eigenvalue weighted by Gasteiger charge is 2.23. The highest BCUT2D eigenvalue weighted by atomic mass is 32.2. The van der Waals surface area contributed by atoms with E-state index in [2.05, 4.69) is 32.5 Å². The van der Waals surface area contributed by atoms with Gasteiger partial charge in [-0.1, -0.05) is 53.4 Å². The van der Waals surface area contributed by atoms with Gasteiger partial charge in [0.2, 0.25) is 16.9 Å². The SMILES string of the molecule is CC(C)NC(=O)CSc1nnc(N2CCN(C(=O)CSCc3ccccc3)CC2)s1. The zero-order valence-corrected chi connectivity index (χ0v) is 19.7. The van der Waals surface area contributed by atoms with Crippen molar-refractivity contribution >= 4 is 51.8 Å². The van der Waals surface area contributed by atoms with E-state index in [1.54, 1.807) is 11.8 Å². The molecular formula is C20H27N5O2S3. The third-order valence-corrected chi connectivity index (χ3v) is 7.52. The lowest BCUT2D eigenvalue weighted by Crippen LogP contribution is -2.49. The molecule has 30 heavy (non-hydrogen) atoms. The molecule has 162 valence electrons. The maximum Gasteiger partial charge on any atom is 0.232 e. The van der Waals surface area contributed by atoms with Crippen molar-refractivity contribution in [2.75, 3.05) is 42.6 Å². The van der Waals surface area contributed by atoms with Gasteiger partial charge in [-0.2, -0.15) is 0 Å². The van der Waals surface area contributed by atoms with Gasteiger partial charge in [-0.3, -0.25) is 9.59 Å². The molecule has 0 spiro atoms. The minimum atomic E-state index is 0.00371. The standard InChI is InChI=1S/C20H27N5O2S3/c1-15(2)21-17(26)13-29-20-23-22-19(30-20)25-10-8-24(9-11-25)18(27)14-28-12-16-6-4-3-5-7-16/h3-7,15H,8-14H2,1-2H3,(H,21,26). The van der Waals surface area contributed by atoms with Crippen molar-refractivity contribution in [3.05, 3.63) is 35.9 Å². The molecule has 0 atom stereocenters. The van der Waals surface area contributed by atoms with Gasteiger partial charge in [-0.15, -0.1) is 22.0 Å². The number of nitrogens with zero attached hydrogens (tertiary/aromatic N) is 4. The van der Waals surface area contributed by atoms with Crippen molar-refractivity contribution in [3.63, 3.8) is 0 Å². The Morgan fingerprint density at radius 1 is 1.10 bits per heavy atom. The second kappa shape index (κ2) is 11.6. The van der Waals surface area contributed by atoms with Crippen LogP contribution < -0.4 is 10.2 Å². The molecule has 1 aromatic carbocycles. The summed E-state index contributed by atoms with van der Waals surface area (Å²) in [5.74, 6) is 1.90. The highest BCUT2D eigenvalue weighted by Crippen LogP contribution is 2.28. The summed E-state index contributed by atoms with van der Waals surface area (Å²) < 4.78 is 0.791. The van der Waals surface area contributed by atoms with Crippen LogP contribution >= 0.6 is 34.9 Å². The van der Waals surface area contributed by atoms with E-state index in [1.807, 2.05) is 36.9 Å². The maximum atomic E-state index is 12.5. The van der Waals surface area contributed by atoms with Gasteiger partial charge >= 0.3 is 0 Å². The van der Waals surface area contributed by atoms with Crippen molar-refractivity contribution in [3.8, 4) is 0 Å². The summed E-state index contributed by atoms with van der Waals surface area (Å²) in [5, 5.41) is 12.2. The van der Waals surface area contributed by atoms with Crippen LogP contribution in [0.4, 0.5) is 5.13 Å². The number of hydrogen-bond acceptors (Lipinski definition) is 8. The first-order valence-corrected chi connectivity index (χ1v) is 12.9. The van der Waals surface area contributed by atoms with E-state index >= 15 is 0 Å². The number of hydrogen-bond donors (Lipinski definition) is 1. The third kappa shape index (κ3) is 7.17. The Morgan fingerprint density at radius 3 is 2.53 bits per heavy atom. The number of aromatic nitrogens is 2. The quantitative estimate of drug-likeness (QED) is 0.571. The molecule has 10 heteroatoms. The summed E-state index contributed by atoms with van der Waals surface area (Å²) >= 11 is 4.57. The van der Waals surface area contributed by atoms with Crippen LogP contribution in [0.25, 0.3) is 0 Å². The molecule has 3 rings (SSSR count). The van der Waals surface area contributed by atoms with Crippen LogP contribution in [-0.4, -0.2) is 70.6 Å². The Morgan fingerprint density at radius 2 is 1.83 bits per heavy atom. The van der Waals surface area contributed by atoms with Crippen molar-refractivity contribution in [1.29, 1.82) is 0 Å². The second-order valence-electron chi connectivity index (χ2n) is 7.21. The number of benzene rings is 1. The first-order valence-electron chi connectivity index (χ1n) is 9.91. The largest absolute Gasteiger partial charge is 0.353 e. The Hall–Kier alpha value is -1.78. The fourth-order valence-corrected chi connectivity index (χ4v) is 5.54. The van der Waals surface area contributed by atoms with E-state index in [0.717, 1.165) is 28.3 Å². The number of rotatable bonds is 9. The van der Waals surface area contributed by atoms with Gasteiger partial charge in [-0.25, -0.2) is 0 Å². The molecule has 0 radical (unpaired) electrons. The normalized spacial score (nSPS) is 14.2. The zero-order valence-electron chi connectivity index (χ0n) is 17.2. The summed E-state index contributed by atoms with van der Waals surface area (Å²) in [5.41, 5.74) is 1.24. The molecule has 1 N–H and O–H groups in total. The van der Waals surface area contributed by atoms with Crippen molar-refractivity contribution < 1.29 is 9.59 Å². The lowest BCUT2D eigenvalue weighted by atomic mass is 10.2. The van der Waals surface area contributed by atoms with Crippen LogP contribution in [0.5, 0.6) is 0 Å². The van der Waals surface area contributed by atoms with Gasteiger partial charge in [0.25, 0.3) is 0 Å². The van der Waals surface area contributed by atoms with Crippen LogP contribution in [0.1, 0.15) is 19.4 Å². The summed E-state index contributed by atoms with van der Waals surface area (Å²) in [7, 11) is 0. The molecule has 0 unspecified atom stereocenters. The first kappa shape index (κ1) is 22.9. The summed E-state index contributed by atoms with van der Waals surface area (Å²) in [4.78, 5) is 28.3. The third-order valence-electron chi connectivity index (χ3n) is 4.41. The minimum Gasteiger partial charge on any atom is -0.353 e.